The molecule has 2 N–H and O–H groups in total. The molecule has 0 aromatic heterocycles. The monoisotopic (exact) mass is 875 g/mol. The Kier molecular flexibility index (Phi) is 17.5. The molecule has 3 heterocycles. The van der Waals surface area contributed by atoms with Gasteiger partial charge in [-0.25, -0.2) is 0 Å². The number of aliphatic hydroxyl groups excluding tert-OH is 1. The van der Waals surface area contributed by atoms with Crippen LogP contribution in [0.15, 0.2) is 48.5 Å². The van der Waals surface area contributed by atoms with Crippen LogP contribution in [0.2, 0.25) is 46.3 Å². The molecule has 58 heavy (non-hydrogen) atoms. The van der Waals surface area contributed by atoms with Crippen molar-refractivity contribution in [3.63, 3.8) is 0 Å². The predicted molar refractivity (Wildman–Crippen MR) is 250 cm³/mol. The highest BCUT2D eigenvalue weighted by molar-refractivity contribution is 6.74. The van der Waals surface area contributed by atoms with Crippen molar-refractivity contribution in [3.05, 3.63) is 69.7 Å². The van der Waals surface area contributed by atoms with E-state index >= 15 is 0 Å². The van der Waals surface area contributed by atoms with Crippen LogP contribution in [-0.4, -0.2) is 90.4 Å². The zero-order valence-corrected chi connectivity index (χ0v) is 41.4. The first-order valence-corrected chi connectivity index (χ1v) is 29.3. The van der Waals surface area contributed by atoms with E-state index < -0.39 is 16.6 Å². The molecule has 2 aliphatic carbocycles. The van der Waals surface area contributed by atoms with Gasteiger partial charge in [-0.05, 0) is 186 Å². The van der Waals surface area contributed by atoms with Gasteiger partial charge in [0.2, 0.25) is 0 Å². The minimum Gasteiger partial charge on any atom is -0.417 e. The Bertz CT molecular complexity index is 1510. The van der Waals surface area contributed by atoms with Crippen molar-refractivity contribution >= 4 is 39.8 Å². The van der Waals surface area contributed by atoms with E-state index in [9.17, 15) is 5.11 Å². The van der Waals surface area contributed by atoms with Gasteiger partial charge in [-0.2, -0.15) is 0 Å². The molecule has 6 atom stereocenters. The number of likely N-dealkylation sites (tertiary alicyclic amines) is 1. The second-order valence-corrected chi connectivity index (χ2v) is 32.0. The molecule has 7 rings (SSSR count). The summed E-state index contributed by atoms with van der Waals surface area (Å²) >= 11 is 11.8. The summed E-state index contributed by atoms with van der Waals surface area (Å²) in [5, 5.41) is 16.3. The highest BCUT2D eigenvalue weighted by Crippen LogP contribution is 2.44. The van der Waals surface area contributed by atoms with Gasteiger partial charge in [0.15, 0.2) is 16.6 Å². The van der Waals surface area contributed by atoms with Gasteiger partial charge in [-0.3, -0.25) is 4.90 Å². The number of benzene rings is 2. The lowest BCUT2D eigenvalue weighted by atomic mass is 9.89. The largest absolute Gasteiger partial charge is 0.417 e. The molecule has 5 fully saturated rings. The fourth-order valence-corrected chi connectivity index (χ4v) is 11.1. The maximum Gasteiger partial charge on any atom is 0.191 e. The lowest BCUT2D eigenvalue weighted by Gasteiger charge is -2.38. The van der Waals surface area contributed by atoms with Crippen molar-refractivity contribution in [1.29, 1.82) is 0 Å². The Labute approximate surface area is 366 Å². The molecule has 2 aromatic carbocycles. The van der Waals surface area contributed by atoms with Crippen molar-refractivity contribution in [2.24, 2.45) is 23.7 Å². The third kappa shape index (κ3) is 14.7. The molecule has 6 nitrogen and oxygen atoms in total. The number of halogens is 2. The van der Waals surface area contributed by atoms with Gasteiger partial charge in [0, 0.05) is 29.3 Å². The second kappa shape index (κ2) is 21.1. The van der Waals surface area contributed by atoms with Crippen molar-refractivity contribution in [3.8, 4) is 0 Å². The SMILES string of the molecule is CC(C)(C)[Si](C)(C)OCC1C[C@@H]2O[C@@H]2C1.CC(C)(C)[Si](C)(C)OC[C@H]1C[C@@H](O)[C@H](N2CCC(Cc3ccc(Cl)cc3)CC2)C1.Clc1ccc(CC2CCNCC2)cc1. The number of hydrogen-bond acceptors (Lipinski definition) is 6. The molecule has 3 saturated heterocycles. The Balaban J connectivity index is 0.000000184. The van der Waals surface area contributed by atoms with Crippen molar-refractivity contribution in [2.45, 2.75) is 166 Å². The lowest BCUT2D eigenvalue weighted by molar-refractivity contribution is 0.0482. The molecule has 0 amide bonds. The smallest absolute Gasteiger partial charge is 0.191 e. The third-order valence-corrected chi connectivity index (χ3v) is 24.3. The predicted octanol–water partition coefficient (Wildman–Crippen LogP) is 11.8. The first-order valence-electron chi connectivity index (χ1n) is 22.7. The number of fused-ring (bicyclic) bond motifs is 1. The number of epoxide rings is 1. The van der Waals surface area contributed by atoms with Gasteiger partial charge in [0.1, 0.15) is 0 Å². The minimum atomic E-state index is -1.71. The van der Waals surface area contributed by atoms with Gasteiger partial charge in [0.05, 0.1) is 18.3 Å². The number of ether oxygens (including phenoxy) is 1. The molecular formula is C48H80Cl2N2O4Si2. The van der Waals surface area contributed by atoms with E-state index in [1.807, 2.05) is 24.3 Å². The highest BCUT2D eigenvalue weighted by atomic mass is 35.5. The summed E-state index contributed by atoms with van der Waals surface area (Å²) in [6.07, 6.45) is 12.8. The van der Waals surface area contributed by atoms with Crippen LogP contribution in [-0.2, 0) is 26.4 Å². The number of rotatable bonds is 11. The Morgan fingerprint density at radius 1 is 0.638 bits per heavy atom. The van der Waals surface area contributed by atoms with Crippen LogP contribution in [0, 0.1) is 23.7 Å². The van der Waals surface area contributed by atoms with Gasteiger partial charge in [-0.1, -0.05) is 89.0 Å². The topological polar surface area (TPSA) is 66.5 Å². The van der Waals surface area contributed by atoms with Gasteiger partial charge in [-0.15, -0.1) is 0 Å². The van der Waals surface area contributed by atoms with Crippen LogP contribution in [0.4, 0.5) is 0 Å². The zero-order valence-electron chi connectivity index (χ0n) is 37.9. The van der Waals surface area contributed by atoms with E-state index in [4.69, 9.17) is 36.8 Å². The van der Waals surface area contributed by atoms with E-state index in [1.165, 1.54) is 69.2 Å². The summed E-state index contributed by atoms with van der Waals surface area (Å²) in [6, 6.07) is 16.9. The Morgan fingerprint density at radius 3 is 1.48 bits per heavy atom. The summed E-state index contributed by atoms with van der Waals surface area (Å²) in [4.78, 5) is 2.55. The second-order valence-electron chi connectivity index (χ2n) is 21.5. The number of piperidine rings is 2. The van der Waals surface area contributed by atoms with Crippen molar-refractivity contribution in [1.82, 2.24) is 10.2 Å². The molecule has 1 unspecified atom stereocenters. The molecule has 0 spiro atoms. The average Bonchev–Trinajstić information content (AvgIpc) is 3.59. The molecule has 5 aliphatic rings. The fourth-order valence-electron chi connectivity index (χ4n) is 8.67. The molecule has 2 saturated carbocycles. The lowest BCUT2D eigenvalue weighted by Crippen LogP contribution is -2.45. The minimum absolute atomic E-state index is 0.198. The van der Waals surface area contributed by atoms with Gasteiger partial charge in [0.25, 0.3) is 0 Å². The summed E-state index contributed by atoms with van der Waals surface area (Å²) in [5.41, 5.74) is 2.80. The van der Waals surface area contributed by atoms with Crippen LogP contribution >= 0.6 is 23.2 Å². The molecule has 2 aromatic rings. The van der Waals surface area contributed by atoms with Crippen molar-refractivity contribution in [2.75, 3.05) is 39.4 Å². The maximum absolute atomic E-state index is 10.7. The van der Waals surface area contributed by atoms with E-state index in [2.05, 4.69) is 102 Å². The maximum atomic E-state index is 10.7. The van der Waals surface area contributed by atoms with E-state index in [-0.39, 0.29) is 11.1 Å². The standard InChI is InChI=1S/C24H40ClNO2Si.C12H16ClN.C12H24O2Si/c1-24(2,3)29(4,5)28-17-20-15-22(23(27)16-20)26-12-10-19(11-13-26)14-18-6-8-21(25)9-7-18;13-12-3-1-10(2-4-12)9-11-5-7-14-8-6-11;1-12(2,3)15(4,5)13-8-9-6-10-11(7-9)14-10/h6-9,19-20,22-23,27H,10-17H2,1-5H3;1-4,11,14H,5-9H2;9-11H,6-8H2,1-5H3/t20-,22-,23-;;9?,10-,11+/m1../s1. The number of nitrogens with zero attached hydrogens (tertiary/aromatic N) is 1. The van der Waals surface area contributed by atoms with Crippen LogP contribution in [0.25, 0.3) is 0 Å². The molecule has 10 heteroatoms. The molecular weight excluding hydrogens is 796 g/mol. The van der Waals surface area contributed by atoms with E-state index in [0.717, 1.165) is 73.4 Å². The van der Waals surface area contributed by atoms with Gasteiger partial charge < -0.3 is 24.0 Å². The Hall–Kier alpha value is -0.786. The molecule has 3 aliphatic heterocycles. The average molecular weight is 876 g/mol. The molecule has 0 radical (unpaired) electrons. The normalized spacial score (nSPS) is 27.3. The first kappa shape index (κ1) is 48.2. The van der Waals surface area contributed by atoms with Crippen LogP contribution in [0.5, 0.6) is 0 Å². The Morgan fingerprint density at radius 2 is 1.05 bits per heavy atom. The molecule has 328 valence electrons. The van der Waals surface area contributed by atoms with Crippen LogP contribution in [0.1, 0.15) is 104 Å². The van der Waals surface area contributed by atoms with Crippen LogP contribution < -0.4 is 5.32 Å². The number of hydrogen-bond donors (Lipinski definition) is 2. The highest BCUT2D eigenvalue weighted by Gasteiger charge is 2.49. The molecule has 0 bridgehead atoms. The van der Waals surface area contributed by atoms with E-state index in [1.54, 1.807) is 0 Å². The summed E-state index contributed by atoms with van der Waals surface area (Å²) in [7, 11) is -3.23. The fraction of sp³-hybridized carbons (Fsp3) is 0.750. The van der Waals surface area contributed by atoms with Crippen molar-refractivity contribution < 1.29 is 18.7 Å². The summed E-state index contributed by atoms with van der Waals surface area (Å²) in [6.45, 7) is 29.4. The van der Waals surface area contributed by atoms with Crippen LogP contribution in [0.3, 0.4) is 0 Å². The van der Waals surface area contributed by atoms with E-state index in [0.29, 0.717) is 29.2 Å². The zero-order chi connectivity index (χ0) is 42.3. The summed E-state index contributed by atoms with van der Waals surface area (Å²) in [5.74, 6) is 2.86. The third-order valence-electron chi connectivity index (χ3n) is 14.8. The number of nitrogens with one attached hydrogen (secondary N) is 1. The first-order chi connectivity index (χ1) is 27.2. The summed E-state index contributed by atoms with van der Waals surface area (Å²) < 4.78 is 18.1. The van der Waals surface area contributed by atoms with Gasteiger partial charge >= 0.3 is 0 Å². The quantitative estimate of drug-likeness (QED) is 0.173. The number of aliphatic hydroxyl groups is 1.